The largest absolute Gasteiger partial charge is 0.378 e. The molecule has 8 nitrogen and oxygen atoms in total. The molecule has 0 fully saturated rings. The van der Waals surface area contributed by atoms with Gasteiger partial charge in [0.25, 0.3) is 11.8 Å². The second-order valence-electron chi connectivity index (χ2n) is 5.79. The molecule has 3 aromatic rings. The van der Waals surface area contributed by atoms with Crippen LogP contribution in [0.4, 0.5) is 11.4 Å². The molecule has 1 heterocycles. The Kier molecular flexibility index (Phi) is 4.93. The summed E-state index contributed by atoms with van der Waals surface area (Å²) in [7, 11) is 3.87. The summed E-state index contributed by atoms with van der Waals surface area (Å²) in [5.74, 6) is -0.581. The van der Waals surface area contributed by atoms with Crippen molar-refractivity contribution in [3.05, 3.63) is 72.3 Å². The van der Waals surface area contributed by atoms with Crippen molar-refractivity contribution in [1.82, 2.24) is 14.9 Å². The van der Waals surface area contributed by atoms with Crippen LogP contribution in [-0.4, -0.2) is 40.8 Å². The Balaban J connectivity index is 1.69. The third kappa shape index (κ3) is 4.04. The van der Waals surface area contributed by atoms with Crippen LogP contribution in [-0.2, 0) is 0 Å². The van der Waals surface area contributed by atoms with E-state index in [-0.39, 0.29) is 11.8 Å². The van der Waals surface area contributed by atoms with Crippen LogP contribution in [0.25, 0.3) is 0 Å². The smallest absolute Gasteiger partial charge is 0.270 e. The highest BCUT2D eigenvalue weighted by Gasteiger charge is 2.10. The molecule has 8 heteroatoms. The molecular formula is C18H18N6O2. The first kappa shape index (κ1) is 17.2. The topological polar surface area (TPSA) is 92.2 Å². The van der Waals surface area contributed by atoms with Gasteiger partial charge >= 0.3 is 0 Å². The maximum absolute atomic E-state index is 12.4. The molecule has 2 amide bonds. The van der Waals surface area contributed by atoms with E-state index in [9.17, 15) is 9.59 Å². The monoisotopic (exact) mass is 350 g/mol. The molecule has 0 bridgehead atoms. The number of amides is 2. The molecule has 2 N–H and O–H groups in total. The first-order valence-corrected chi connectivity index (χ1v) is 7.88. The summed E-state index contributed by atoms with van der Waals surface area (Å²) < 4.78 is 1.35. The zero-order valence-electron chi connectivity index (χ0n) is 14.4. The normalized spacial score (nSPS) is 10.2. The average Bonchev–Trinajstić information content (AvgIpc) is 3.15. The minimum Gasteiger partial charge on any atom is -0.378 e. The molecule has 0 aliphatic carbocycles. The number of anilines is 2. The number of aromatic nitrogens is 3. The number of benzene rings is 2. The van der Waals surface area contributed by atoms with Crippen molar-refractivity contribution in [1.29, 1.82) is 0 Å². The highest BCUT2D eigenvalue weighted by molar-refractivity contribution is 6.06. The molecule has 26 heavy (non-hydrogen) atoms. The summed E-state index contributed by atoms with van der Waals surface area (Å²) in [6, 6.07) is 13.9. The van der Waals surface area contributed by atoms with Gasteiger partial charge in [-0.2, -0.15) is 0 Å². The maximum atomic E-state index is 12.4. The lowest BCUT2D eigenvalue weighted by atomic mass is 10.1. The summed E-state index contributed by atoms with van der Waals surface area (Å²) >= 11 is 0. The van der Waals surface area contributed by atoms with Crippen LogP contribution >= 0.6 is 0 Å². The predicted molar refractivity (Wildman–Crippen MR) is 98.9 cm³/mol. The minimum atomic E-state index is -0.337. The van der Waals surface area contributed by atoms with E-state index in [0.717, 1.165) is 5.69 Å². The Morgan fingerprint density at radius 2 is 1.62 bits per heavy atom. The van der Waals surface area contributed by atoms with E-state index in [1.54, 1.807) is 36.4 Å². The van der Waals surface area contributed by atoms with Crippen molar-refractivity contribution in [2.45, 2.75) is 0 Å². The van der Waals surface area contributed by atoms with Gasteiger partial charge in [0.1, 0.15) is 12.7 Å². The van der Waals surface area contributed by atoms with Gasteiger partial charge in [0.15, 0.2) is 0 Å². The van der Waals surface area contributed by atoms with Crippen LogP contribution in [0.5, 0.6) is 0 Å². The lowest BCUT2D eigenvalue weighted by Gasteiger charge is -2.13. The molecule has 0 radical (unpaired) electrons. The third-order valence-electron chi connectivity index (χ3n) is 3.68. The van der Waals surface area contributed by atoms with Gasteiger partial charge in [0, 0.05) is 36.6 Å². The molecule has 0 atom stereocenters. The Hall–Kier alpha value is -3.68. The predicted octanol–water partition coefficient (Wildman–Crippen LogP) is 1.98. The fourth-order valence-electron chi connectivity index (χ4n) is 2.29. The molecule has 1 aromatic heterocycles. The van der Waals surface area contributed by atoms with Crippen LogP contribution in [0.15, 0.2) is 61.2 Å². The third-order valence-corrected chi connectivity index (χ3v) is 3.68. The number of hydrogen-bond donors (Lipinski definition) is 2. The van der Waals surface area contributed by atoms with Gasteiger partial charge in [-0.1, -0.05) is 6.07 Å². The molecule has 0 saturated heterocycles. The van der Waals surface area contributed by atoms with Crippen molar-refractivity contribution in [3.8, 4) is 0 Å². The van der Waals surface area contributed by atoms with Gasteiger partial charge < -0.3 is 10.2 Å². The molecule has 2 aromatic carbocycles. The van der Waals surface area contributed by atoms with Crippen molar-refractivity contribution in [3.63, 3.8) is 0 Å². The molecular weight excluding hydrogens is 332 g/mol. The number of carbonyl (C=O) groups excluding carboxylic acids is 2. The molecule has 0 spiro atoms. The van der Waals surface area contributed by atoms with Crippen LogP contribution in [0.2, 0.25) is 0 Å². The summed E-state index contributed by atoms with van der Waals surface area (Å²) in [4.78, 5) is 26.6. The van der Waals surface area contributed by atoms with Crippen molar-refractivity contribution in [2.75, 3.05) is 29.7 Å². The van der Waals surface area contributed by atoms with Crippen molar-refractivity contribution < 1.29 is 9.59 Å². The Morgan fingerprint density at radius 3 is 2.27 bits per heavy atom. The SMILES string of the molecule is CN(C)c1ccc(C(=O)Nc2cccc(C(=O)Nn3cnnc3)c2)cc1. The maximum Gasteiger partial charge on any atom is 0.270 e. The van der Waals surface area contributed by atoms with E-state index in [1.807, 2.05) is 31.1 Å². The van der Waals surface area contributed by atoms with Crippen molar-refractivity contribution >= 4 is 23.2 Å². The van der Waals surface area contributed by atoms with Crippen LogP contribution < -0.4 is 15.6 Å². The quantitative estimate of drug-likeness (QED) is 0.734. The van der Waals surface area contributed by atoms with E-state index in [4.69, 9.17) is 0 Å². The fourth-order valence-corrected chi connectivity index (χ4v) is 2.29. The van der Waals surface area contributed by atoms with E-state index >= 15 is 0 Å². The molecule has 0 saturated carbocycles. The van der Waals surface area contributed by atoms with Crippen LogP contribution in [0.1, 0.15) is 20.7 Å². The Bertz CT molecular complexity index is 904. The Labute approximate surface area is 150 Å². The van der Waals surface area contributed by atoms with E-state index in [2.05, 4.69) is 20.9 Å². The van der Waals surface area contributed by atoms with Gasteiger partial charge in [-0.15, -0.1) is 10.2 Å². The van der Waals surface area contributed by atoms with E-state index in [1.165, 1.54) is 17.3 Å². The highest BCUT2D eigenvalue weighted by atomic mass is 16.2. The molecule has 0 unspecified atom stereocenters. The highest BCUT2D eigenvalue weighted by Crippen LogP contribution is 2.15. The molecule has 132 valence electrons. The Morgan fingerprint density at radius 1 is 0.923 bits per heavy atom. The number of nitrogens with one attached hydrogen (secondary N) is 2. The average molecular weight is 350 g/mol. The van der Waals surface area contributed by atoms with E-state index in [0.29, 0.717) is 16.8 Å². The second-order valence-corrected chi connectivity index (χ2v) is 5.79. The summed E-state index contributed by atoms with van der Waals surface area (Å²) in [5, 5.41) is 10.0. The van der Waals surface area contributed by atoms with Gasteiger partial charge in [-0.25, -0.2) is 4.68 Å². The standard InChI is InChI=1S/C18H18N6O2/c1-23(2)16-8-6-13(7-9-16)17(25)21-15-5-3-4-14(10-15)18(26)22-24-11-19-20-12-24/h3-12H,1-2H3,(H,21,25)(H,22,26). The molecule has 0 aliphatic rings. The number of hydrogen-bond acceptors (Lipinski definition) is 5. The molecule has 0 aliphatic heterocycles. The number of carbonyl (C=O) groups is 2. The summed E-state index contributed by atoms with van der Waals surface area (Å²) in [6.07, 6.45) is 2.75. The first-order chi connectivity index (χ1) is 12.5. The number of nitrogens with zero attached hydrogens (tertiary/aromatic N) is 4. The van der Waals surface area contributed by atoms with Gasteiger partial charge in [0.2, 0.25) is 0 Å². The number of rotatable bonds is 5. The lowest BCUT2D eigenvalue weighted by Crippen LogP contribution is -2.21. The lowest BCUT2D eigenvalue weighted by molar-refractivity contribution is 0.100. The summed E-state index contributed by atoms with van der Waals surface area (Å²) in [6.45, 7) is 0. The fraction of sp³-hybridized carbons (Fsp3) is 0.111. The zero-order valence-corrected chi connectivity index (χ0v) is 14.4. The zero-order chi connectivity index (χ0) is 18.5. The first-order valence-electron chi connectivity index (χ1n) is 7.88. The van der Waals surface area contributed by atoms with Crippen LogP contribution in [0, 0.1) is 0 Å². The second kappa shape index (κ2) is 7.47. The summed E-state index contributed by atoms with van der Waals surface area (Å²) in [5.41, 5.74) is 5.08. The van der Waals surface area contributed by atoms with Gasteiger partial charge in [0.05, 0.1) is 0 Å². The van der Waals surface area contributed by atoms with Gasteiger partial charge in [-0.3, -0.25) is 15.0 Å². The van der Waals surface area contributed by atoms with Gasteiger partial charge in [-0.05, 0) is 42.5 Å². The molecule has 3 rings (SSSR count). The van der Waals surface area contributed by atoms with E-state index < -0.39 is 0 Å². The van der Waals surface area contributed by atoms with Crippen LogP contribution in [0.3, 0.4) is 0 Å². The van der Waals surface area contributed by atoms with Crippen molar-refractivity contribution in [2.24, 2.45) is 0 Å². The minimum absolute atomic E-state index is 0.244.